The van der Waals surface area contributed by atoms with Gasteiger partial charge in [-0.3, -0.25) is 0 Å². The summed E-state index contributed by atoms with van der Waals surface area (Å²) in [6, 6.07) is 0. The van der Waals surface area contributed by atoms with E-state index in [1.807, 2.05) is 0 Å². The van der Waals surface area contributed by atoms with E-state index in [-0.39, 0.29) is 0 Å². The maximum atomic E-state index is 9.30. The molecular formula is C15H25NO. The zero-order chi connectivity index (χ0) is 11.7. The van der Waals surface area contributed by atoms with Crippen LogP contribution in [0.25, 0.3) is 0 Å². The lowest BCUT2D eigenvalue weighted by molar-refractivity contribution is 0.191. The second-order valence-corrected chi connectivity index (χ2v) is 6.33. The predicted molar refractivity (Wildman–Crippen MR) is 69.6 cm³/mol. The first kappa shape index (κ1) is 11.7. The van der Waals surface area contributed by atoms with E-state index in [2.05, 4.69) is 17.5 Å². The Balaban J connectivity index is 1.39. The number of rotatable bonds is 5. The lowest BCUT2D eigenvalue weighted by Gasteiger charge is -2.22. The Morgan fingerprint density at radius 3 is 2.53 bits per heavy atom. The van der Waals surface area contributed by atoms with Crippen molar-refractivity contribution in [2.24, 2.45) is 29.6 Å². The minimum Gasteiger partial charge on any atom is -0.396 e. The molecule has 3 aliphatic rings. The molecule has 0 spiro atoms. The Morgan fingerprint density at radius 2 is 1.82 bits per heavy atom. The molecule has 96 valence electrons. The second kappa shape index (κ2) is 5.11. The van der Waals surface area contributed by atoms with Crippen LogP contribution in [0.1, 0.15) is 32.1 Å². The minimum atomic E-state index is 0.392. The summed E-state index contributed by atoms with van der Waals surface area (Å²) in [5.41, 5.74) is 0. The molecule has 3 aliphatic carbocycles. The number of aliphatic hydroxyl groups excluding tert-OH is 1. The van der Waals surface area contributed by atoms with E-state index in [1.165, 1.54) is 38.6 Å². The van der Waals surface area contributed by atoms with E-state index in [0.29, 0.717) is 12.5 Å². The van der Waals surface area contributed by atoms with Crippen LogP contribution in [0, 0.1) is 29.6 Å². The minimum absolute atomic E-state index is 0.392. The van der Waals surface area contributed by atoms with E-state index in [0.717, 1.165) is 30.2 Å². The highest BCUT2D eigenvalue weighted by Gasteiger charge is 2.35. The van der Waals surface area contributed by atoms with Crippen LogP contribution in [0.4, 0.5) is 0 Å². The van der Waals surface area contributed by atoms with Gasteiger partial charge in [-0.15, -0.1) is 0 Å². The third-order valence-corrected chi connectivity index (χ3v) is 5.28. The molecule has 0 aromatic heterocycles. The molecular weight excluding hydrogens is 210 g/mol. The van der Waals surface area contributed by atoms with Gasteiger partial charge in [-0.2, -0.15) is 0 Å². The van der Waals surface area contributed by atoms with E-state index in [9.17, 15) is 5.11 Å². The summed E-state index contributed by atoms with van der Waals surface area (Å²) < 4.78 is 0. The monoisotopic (exact) mass is 235 g/mol. The standard InChI is InChI=1S/C15H25NO/c17-10-14-3-1-2-13(14)8-16-9-15-7-11-4-5-12(15)6-11/h4-5,11-17H,1-3,6-10H2. The number of allylic oxidation sites excluding steroid dienone is 2. The molecule has 0 aromatic rings. The van der Waals surface area contributed by atoms with Crippen LogP contribution in [-0.4, -0.2) is 24.8 Å². The summed E-state index contributed by atoms with van der Waals surface area (Å²) in [5, 5.41) is 13.0. The molecule has 2 heteroatoms. The number of hydrogen-bond donors (Lipinski definition) is 2. The van der Waals surface area contributed by atoms with Crippen molar-refractivity contribution in [2.45, 2.75) is 32.1 Å². The van der Waals surface area contributed by atoms with Crippen molar-refractivity contribution < 1.29 is 5.11 Å². The lowest BCUT2D eigenvalue weighted by Crippen LogP contribution is -2.31. The van der Waals surface area contributed by atoms with Crippen LogP contribution in [-0.2, 0) is 0 Å². The quantitative estimate of drug-likeness (QED) is 0.716. The summed E-state index contributed by atoms with van der Waals surface area (Å²) in [6.45, 7) is 2.71. The molecule has 2 saturated carbocycles. The molecule has 0 radical (unpaired) electrons. The molecule has 3 rings (SSSR count). The van der Waals surface area contributed by atoms with Gasteiger partial charge in [-0.05, 0) is 68.4 Å². The Morgan fingerprint density at radius 1 is 1.00 bits per heavy atom. The summed E-state index contributed by atoms with van der Waals surface area (Å²) in [4.78, 5) is 0. The fourth-order valence-electron chi connectivity index (χ4n) is 4.21. The van der Waals surface area contributed by atoms with Crippen molar-refractivity contribution in [1.29, 1.82) is 0 Å². The van der Waals surface area contributed by atoms with Crippen LogP contribution >= 0.6 is 0 Å². The van der Waals surface area contributed by atoms with Gasteiger partial charge in [0.1, 0.15) is 0 Å². The Hall–Kier alpha value is -0.340. The summed E-state index contributed by atoms with van der Waals surface area (Å²) in [6.07, 6.45) is 11.5. The van der Waals surface area contributed by atoms with Gasteiger partial charge < -0.3 is 10.4 Å². The van der Waals surface area contributed by atoms with Gasteiger partial charge in [0.25, 0.3) is 0 Å². The third-order valence-electron chi connectivity index (χ3n) is 5.28. The van der Waals surface area contributed by atoms with Crippen molar-refractivity contribution in [2.75, 3.05) is 19.7 Å². The van der Waals surface area contributed by atoms with Gasteiger partial charge in [0.2, 0.25) is 0 Å². The van der Waals surface area contributed by atoms with Crippen molar-refractivity contribution in [1.82, 2.24) is 5.32 Å². The molecule has 17 heavy (non-hydrogen) atoms. The van der Waals surface area contributed by atoms with Crippen LogP contribution in [0.2, 0.25) is 0 Å². The lowest BCUT2D eigenvalue weighted by atomic mass is 9.92. The largest absolute Gasteiger partial charge is 0.396 e. The summed E-state index contributed by atoms with van der Waals surface area (Å²) in [7, 11) is 0. The van der Waals surface area contributed by atoms with E-state index in [1.54, 1.807) is 0 Å². The smallest absolute Gasteiger partial charge is 0.0462 e. The molecule has 2 bridgehead atoms. The molecule has 0 aliphatic heterocycles. The zero-order valence-corrected chi connectivity index (χ0v) is 10.6. The van der Waals surface area contributed by atoms with Gasteiger partial charge >= 0.3 is 0 Å². The van der Waals surface area contributed by atoms with E-state index >= 15 is 0 Å². The highest BCUT2D eigenvalue weighted by atomic mass is 16.3. The normalized spacial score (nSPS) is 43.7. The van der Waals surface area contributed by atoms with Crippen LogP contribution in [0.15, 0.2) is 12.2 Å². The first-order valence-electron chi connectivity index (χ1n) is 7.36. The first-order chi connectivity index (χ1) is 8.36. The van der Waals surface area contributed by atoms with Gasteiger partial charge in [0.15, 0.2) is 0 Å². The summed E-state index contributed by atoms with van der Waals surface area (Å²) in [5.74, 6) is 3.95. The van der Waals surface area contributed by atoms with E-state index < -0.39 is 0 Å². The van der Waals surface area contributed by atoms with Crippen LogP contribution in [0.3, 0.4) is 0 Å². The summed E-state index contributed by atoms with van der Waals surface area (Å²) >= 11 is 0. The Bertz CT molecular complexity index is 289. The fourth-order valence-corrected chi connectivity index (χ4v) is 4.21. The highest BCUT2D eigenvalue weighted by molar-refractivity contribution is 5.10. The molecule has 0 saturated heterocycles. The van der Waals surface area contributed by atoms with Crippen molar-refractivity contribution >= 4 is 0 Å². The van der Waals surface area contributed by atoms with Gasteiger partial charge in [-0.25, -0.2) is 0 Å². The topological polar surface area (TPSA) is 32.3 Å². The number of aliphatic hydroxyl groups is 1. The third kappa shape index (κ3) is 2.43. The van der Waals surface area contributed by atoms with Crippen LogP contribution < -0.4 is 5.32 Å². The second-order valence-electron chi connectivity index (χ2n) is 6.33. The van der Waals surface area contributed by atoms with Gasteiger partial charge in [-0.1, -0.05) is 18.6 Å². The zero-order valence-electron chi connectivity index (χ0n) is 10.6. The maximum absolute atomic E-state index is 9.30. The van der Waals surface area contributed by atoms with Gasteiger partial charge in [0.05, 0.1) is 0 Å². The average Bonchev–Trinajstić information content (AvgIpc) is 3.04. The molecule has 2 nitrogen and oxygen atoms in total. The predicted octanol–water partition coefficient (Wildman–Crippen LogP) is 2.20. The fraction of sp³-hybridized carbons (Fsp3) is 0.867. The molecule has 5 unspecified atom stereocenters. The molecule has 2 N–H and O–H groups in total. The number of nitrogens with one attached hydrogen (secondary N) is 1. The number of hydrogen-bond acceptors (Lipinski definition) is 2. The van der Waals surface area contributed by atoms with Crippen molar-refractivity contribution in [3.05, 3.63) is 12.2 Å². The molecule has 0 aromatic carbocycles. The Labute approximate surface area is 104 Å². The molecule has 5 atom stereocenters. The average molecular weight is 235 g/mol. The Kier molecular flexibility index (Phi) is 3.53. The molecule has 0 heterocycles. The maximum Gasteiger partial charge on any atom is 0.0462 e. The molecule has 0 amide bonds. The SMILES string of the molecule is OCC1CCCC1CNCC1CC2C=CC1C2. The highest BCUT2D eigenvalue weighted by Crippen LogP contribution is 2.43. The van der Waals surface area contributed by atoms with Crippen molar-refractivity contribution in [3.8, 4) is 0 Å². The van der Waals surface area contributed by atoms with Gasteiger partial charge in [0, 0.05) is 6.61 Å². The molecule has 2 fully saturated rings. The van der Waals surface area contributed by atoms with Crippen LogP contribution in [0.5, 0.6) is 0 Å². The van der Waals surface area contributed by atoms with Crippen molar-refractivity contribution in [3.63, 3.8) is 0 Å². The first-order valence-corrected chi connectivity index (χ1v) is 7.36. The number of fused-ring (bicyclic) bond motifs is 2. The van der Waals surface area contributed by atoms with E-state index in [4.69, 9.17) is 0 Å².